The SMILES string of the molecule is CC(C)=CCOc1ccc2c(c1C)O/C(=C\c1ccccc1Cl)C2=O. The van der Waals surface area contributed by atoms with Crippen LogP contribution in [-0.2, 0) is 0 Å². The monoisotopic (exact) mass is 354 g/mol. The molecule has 1 aliphatic rings. The molecule has 128 valence electrons. The Hall–Kier alpha value is -2.52. The van der Waals surface area contributed by atoms with Gasteiger partial charge in [-0.15, -0.1) is 0 Å². The standard InChI is InChI=1S/C21H19ClO3/c1-13(2)10-11-24-18-9-8-16-20(23)19(25-21(16)14(18)3)12-15-6-4-5-7-17(15)22/h4-10,12H,11H2,1-3H3/b19-12-. The molecule has 0 saturated carbocycles. The molecule has 0 radical (unpaired) electrons. The van der Waals surface area contributed by atoms with Crippen LogP contribution >= 0.6 is 11.6 Å². The highest BCUT2D eigenvalue weighted by molar-refractivity contribution is 6.32. The van der Waals surface area contributed by atoms with Gasteiger partial charge in [0.1, 0.15) is 18.1 Å². The van der Waals surface area contributed by atoms with Gasteiger partial charge in [-0.2, -0.15) is 0 Å². The number of fused-ring (bicyclic) bond motifs is 1. The van der Waals surface area contributed by atoms with E-state index in [1.165, 1.54) is 5.57 Å². The zero-order valence-corrected chi connectivity index (χ0v) is 15.2. The molecule has 2 aromatic rings. The number of allylic oxidation sites excluding steroid dienone is 2. The van der Waals surface area contributed by atoms with Crippen molar-refractivity contribution in [3.8, 4) is 11.5 Å². The first-order valence-corrected chi connectivity index (χ1v) is 8.43. The van der Waals surface area contributed by atoms with E-state index in [1.54, 1.807) is 18.2 Å². The third-order valence-electron chi connectivity index (χ3n) is 3.96. The quantitative estimate of drug-likeness (QED) is 0.528. The fourth-order valence-corrected chi connectivity index (χ4v) is 2.75. The highest BCUT2D eigenvalue weighted by Gasteiger charge is 2.30. The van der Waals surface area contributed by atoms with Crippen molar-refractivity contribution in [2.24, 2.45) is 0 Å². The van der Waals surface area contributed by atoms with Crippen molar-refractivity contribution in [1.82, 2.24) is 0 Å². The summed E-state index contributed by atoms with van der Waals surface area (Å²) in [6.07, 6.45) is 3.68. The molecular weight excluding hydrogens is 336 g/mol. The first-order chi connectivity index (χ1) is 12.0. The number of hydrogen-bond donors (Lipinski definition) is 0. The van der Waals surface area contributed by atoms with Crippen molar-refractivity contribution < 1.29 is 14.3 Å². The molecule has 2 aromatic carbocycles. The number of rotatable bonds is 4. The number of hydrogen-bond acceptors (Lipinski definition) is 3. The molecule has 0 spiro atoms. The lowest BCUT2D eigenvalue weighted by molar-refractivity contribution is 0.101. The minimum absolute atomic E-state index is 0.145. The summed E-state index contributed by atoms with van der Waals surface area (Å²) in [7, 11) is 0. The van der Waals surface area contributed by atoms with Crippen LogP contribution in [0, 0.1) is 6.92 Å². The first-order valence-electron chi connectivity index (χ1n) is 8.06. The molecule has 0 aliphatic carbocycles. The highest BCUT2D eigenvalue weighted by Crippen LogP contribution is 2.39. The normalized spacial score (nSPS) is 14.2. The fraction of sp³-hybridized carbons (Fsp3) is 0.190. The average Bonchev–Trinajstić information content (AvgIpc) is 2.89. The van der Waals surface area contributed by atoms with E-state index in [0.717, 1.165) is 11.1 Å². The van der Waals surface area contributed by atoms with Crippen LogP contribution in [0.4, 0.5) is 0 Å². The second-order valence-corrected chi connectivity index (χ2v) is 6.53. The van der Waals surface area contributed by atoms with Crippen molar-refractivity contribution in [1.29, 1.82) is 0 Å². The van der Waals surface area contributed by atoms with Crippen molar-refractivity contribution in [2.75, 3.05) is 6.61 Å². The molecule has 0 fully saturated rings. The van der Waals surface area contributed by atoms with Crippen LogP contribution in [0.2, 0.25) is 5.02 Å². The van der Waals surface area contributed by atoms with Crippen molar-refractivity contribution >= 4 is 23.5 Å². The van der Waals surface area contributed by atoms with Gasteiger partial charge >= 0.3 is 0 Å². The van der Waals surface area contributed by atoms with Crippen LogP contribution in [0.3, 0.4) is 0 Å². The molecule has 25 heavy (non-hydrogen) atoms. The largest absolute Gasteiger partial charge is 0.489 e. The van der Waals surface area contributed by atoms with Gasteiger partial charge in [0.2, 0.25) is 5.78 Å². The zero-order valence-electron chi connectivity index (χ0n) is 14.4. The minimum atomic E-state index is -0.145. The second-order valence-electron chi connectivity index (χ2n) is 6.12. The molecule has 1 aliphatic heterocycles. The Labute approximate surface area is 152 Å². The fourth-order valence-electron chi connectivity index (χ4n) is 2.56. The third-order valence-corrected chi connectivity index (χ3v) is 4.30. The summed E-state index contributed by atoms with van der Waals surface area (Å²) in [4.78, 5) is 12.6. The number of ether oxygens (including phenoxy) is 2. The molecule has 0 aromatic heterocycles. The first kappa shape index (κ1) is 17.3. The summed E-state index contributed by atoms with van der Waals surface area (Å²) in [5.41, 5.74) is 3.30. The van der Waals surface area contributed by atoms with Crippen LogP contribution < -0.4 is 9.47 Å². The van der Waals surface area contributed by atoms with Crippen LogP contribution in [0.15, 0.2) is 53.8 Å². The Morgan fingerprint density at radius 3 is 2.68 bits per heavy atom. The predicted molar refractivity (Wildman–Crippen MR) is 100 cm³/mol. The van der Waals surface area contributed by atoms with Crippen molar-refractivity contribution in [3.05, 3.63) is 75.5 Å². The number of carbonyl (C=O) groups is 1. The van der Waals surface area contributed by atoms with Gasteiger partial charge < -0.3 is 9.47 Å². The summed E-state index contributed by atoms with van der Waals surface area (Å²) < 4.78 is 11.6. The van der Waals surface area contributed by atoms with Gasteiger partial charge in [-0.05, 0) is 56.7 Å². The Bertz CT molecular complexity index is 890. The topological polar surface area (TPSA) is 35.5 Å². The summed E-state index contributed by atoms with van der Waals surface area (Å²) in [6.45, 7) is 6.42. The van der Waals surface area contributed by atoms with E-state index in [0.29, 0.717) is 28.7 Å². The van der Waals surface area contributed by atoms with Gasteiger partial charge in [0.25, 0.3) is 0 Å². The van der Waals surface area contributed by atoms with Crippen LogP contribution in [0.5, 0.6) is 11.5 Å². The summed E-state index contributed by atoms with van der Waals surface area (Å²) in [6, 6.07) is 10.9. The Morgan fingerprint density at radius 1 is 1.20 bits per heavy atom. The van der Waals surface area contributed by atoms with E-state index in [2.05, 4.69) is 0 Å². The molecule has 0 unspecified atom stereocenters. The Morgan fingerprint density at radius 2 is 1.96 bits per heavy atom. The maximum atomic E-state index is 12.6. The van der Waals surface area contributed by atoms with E-state index in [4.69, 9.17) is 21.1 Å². The molecule has 4 heteroatoms. The Kier molecular flexibility index (Phi) is 4.95. The summed E-state index contributed by atoms with van der Waals surface area (Å²) >= 11 is 6.16. The molecule has 0 atom stereocenters. The third kappa shape index (κ3) is 3.62. The van der Waals surface area contributed by atoms with E-state index >= 15 is 0 Å². The van der Waals surface area contributed by atoms with Gasteiger partial charge in [0.05, 0.1) is 5.56 Å². The number of carbonyl (C=O) groups excluding carboxylic acids is 1. The van der Waals surface area contributed by atoms with Crippen LogP contribution in [0.25, 0.3) is 6.08 Å². The number of halogens is 1. The smallest absolute Gasteiger partial charge is 0.231 e. The zero-order chi connectivity index (χ0) is 18.0. The molecule has 0 bridgehead atoms. The van der Waals surface area contributed by atoms with Gasteiger partial charge in [-0.25, -0.2) is 0 Å². The maximum absolute atomic E-state index is 12.6. The van der Waals surface area contributed by atoms with Crippen LogP contribution in [0.1, 0.15) is 35.3 Å². The van der Waals surface area contributed by atoms with E-state index in [9.17, 15) is 4.79 Å². The molecular formula is C21H19ClO3. The van der Waals surface area contributed by atoms with Gasteiger partial charge in [0, 0.05) is 10.6 Å². The molecule has 3 rings (SSSR count). The van der Waals surface area contributed by atoms with E-state index in [-0.39, 0.29) is 11.5 Å². The second kappa shape index (κ2) is 7.16. The van der Waals surface area contributed by atoms with Crippen molar-refractivity contribution in [3.63, 3.8) is 0 Å². The average molecular weight is 355 g/mol. The molecule has 0 saturated heterocycles. The lowest BCUT2D eigenvalue weighted by Gasteiger charge is -2.10. The summed E-state index contributed by atoms with van der Waals surface area (Å²) in [5, 5.41) is 0.574. The van der Waals surface area contributed by atoms with Gasteiger partial charge in [-0.3, -0.25) is 4.79 Å². The number of benzene rings is 2. The van der Waals surface area contributed by atoms with E-state index < -0.39 is 0 Å². The highest BCUT2D eigenvalue weighted by atomic mass is 35.5. The maximum Gasteiger partial charge on any atom is 0.231 e. The lowest BCUT2D eigenvalue weighted by atomic mass is 10.1. The predicted octanol–water partition coefficient (Wildman–Crippen LogP) is 5.61. The van der Waals surface area contributed by atoms with Crippen molar-refractivity contribution in [2.45, 2.75) is 20.8 Å². The number of Topliss-reactive ketones (excluding diaryl/α,β-unsaturated/α-hetero) is 1. The molecule has 0 amide bonds. The van der Waals surface area contributed by atoms with E-state index in [1.807, 2.05) is 51.1 Å². The van der Waals surface area contributed by atoms with Gasteiger partial charge in [-0.1, -0.05) is 35.4 Å². The van der Waals surface area contributed by atoms with Gasteiger partial charge in [0.15, 0.2) is 5.76 Å². The molecule has 3 nitrogen and oxygen atoms in total. The lowest BCUT2D eigenvalue weighted by Crippen LogP contribution is -1.98. The molecule has 0 N–H and O–H groups in total. The number of ketones is 1. The Balaban J connectivity index is 1.90. The molecule has 1 heterocycles. The summed E-state index contributed by atoms with van der Waals surface area (Å²) in [5.74, 6) is 1.39. The minimum Gasteiger partial charge on any atom is -0.489 e. The van der Waals surface area contributed by atoms with Crippen LogP contribution in [-0.4, -0.2) is 12.4 Å².